The number of amides is 3. The van der Waals surface area contributed by atoms with Gasteiger partial charge in [0.15, 0.2) is 0 Å². The number of nitrogens with one attached hydrogen (secondary N) is 2. The van der Waals surface area contributed by atoms with Crippen LogP contribution in [0.3, 0.4) is 0 Å². The van der Waals surface area contributed by atoms with Crippen molar-refractivity contribution in [3.63, 3.8) is 0 Å². The van der Waals surface area contributed by atoms with E-state index in [0.29, 0.717) is 0 Å². The molecule has 3 amide bonds. The summed E-state index contributed by atoms with van der Waals surface area (Å²) in [6.07, 6.45) is 4.24. The molecule has 1 fully saturated rings. The van der Waals surface area contributed by atoms with Crippen LogP contribution in [0.4, 0.5) is 10.5 Å². The molecular weight excluding hydrogens is 302 g/mol. The first-order valence-corrected chi connectivity index (χ1v) is 8.96. The summed E-state index contributed by atoms with van der Waals surface area (Å²) in [5.74, 6) is 0.0776. The maximum Gasteiger partial charge on any atom is 0.319 e. The lowest BCUT2D eigenvalue weighted by atomic mass is 10.0. The number of hydrogen-bond acceptors (Lipinski definition) is 2. The van der Waals surface area contributed by atoms with Crippen LogP contribution in [0.5, 0.6) is 0 Å². The molecule has 1 aliphatic rings. The Morgan fingerprint density at radius 3 is 2.25 bits per heavy atom. The smallest absolute Gasteiger partial charge is 0.319 e. The summed E-state index contributed by atoms with van der Waals surface area (Å²) in [7, 11) is 0. The van der Waals surface area contributed by atoms with E-state index in [4.69, 9.17) is 0 Å². The number of aryl methyl sites for hydroxylation is 1. The molecule has 1 aromatic rings. The summed E-state index contributed by atoms with van der Waals surface area (Å²) < 4.78 is 0. The van der Waals surface area contributed by atoms with Crippen molar-refractivity contribution in [3.05, 3.63) is 29.8 Å². The standard InChI is InChI=1S/C19H29N3O2/c1-4-15-8-10-16(11-9-15)20-19(24)21-17(14(2)3)18(23)22-12-6-5-7-13-22/h8-11,14,17H,4-7,12-13H2,1-3H3,(H2,20,21,24). The Kier molecular flexibility index (Phi) is 6.64. The van der Waals surface area contributed by atoms with Crippen molar-refractivity contribution in [2.45, 2.75) is 52.5 Å². The van der Waals surface area contributed by atoms with Gasteiger partial charge in [-0.1, -0.05) is 32.9 Å². The van der Waals surface area contributed by atoms with E-state index in [1.807, 2.05) is 43.0 Å². The van der Waals surface area contributed by atoms with Crippen molar-refractivity contribution in [2.24, 2.45) is 5.92 Å². The quantitative estimate of drug-likeness (QED) is 0.868. The molecule has 1 saturated heterocycles. The number of urea groups is 1. The lowest BCUT2D eigenvalue weighted by molar-refractivity contribution is -0.135. The first kappa shape index (κ1) is 18.3. The minimum atomic E-state index is -0.488. The highest BCUT2D eigenvalue weighted by Gasteiger charge is 2.29. The second-order valence-corrected chi connectivity index (χ2v) is 6.76. The second-order valence-electron chi connectivity index (χ2n) is 6.76. The molecule has 0 spiro atoms. The van der Waals surface area contributed by atoms with E-state index in [1.54, 1.807) is 0 Å². The molecular formula is C19H29N3O2. The Morgan fingerprint density at radius 1 is 1.08 bits per heavy atom. The number of carbonyl (C=O) groups excluding carboxylic acids is 2. The van der Waals surface area contributed by atoms with Crippen LogP contribution in [0.2, 0.25) is 0 Å². The largest absolute Gasteiger partial charge is 0.341 e. The van der Waals surface area contributed by atoms with E-state index in [9.17, 15) is 9.59 Å². The SMILES string of the molecule is CCc1ccc(NC(=O)NC(C(=O)N2CCCCC2)C(C)C)cc1. The summed E-state index contributed by atoms with van der Waals surface area (Å²) in [6, 6.07) is 6.94. The molecule has 1 aliphatic heterocycles. The second kappa shape index (κ2) is 8.71. The summed E-state index contributed by atoms with van der Waals surface area (Å²) in [6.45, 7) is 7.61. The third-order valence-electron chi connectivity index (χ3n) is 4.51. The van der Waals surface area contributed by atoms with Gasteiger partial charge in [-0.15, -0.1) is 0 Å². The van der Waals surface area contributed by atoms with Gasteiger partial charge < -0.3 is 15.5 Å². The minimum absolute atomic E-state index is 0.0289. The fourth-order valence-corrected chi connectivity index (χ4v) is 2.96. The molecule has 5 heteroatoms. The molecule has 2 N–H and O–H groups in total. The molecule has 132 valence electrons. The minimum Gasteiger partial charge on any atom is -0.341 e. The lowest BCUT2D eigenvalue weighted by Gasteiger charge is -2.32. The van der Waals surface area contributed by atoms with E-state index in [2.05, 4.69) is 17.6 Å². The van der Waals surface area contributed by atoms with Gasteiger partial charge >= 0.3 is 6.03 Å². The zero-order chi connectivity index (χ0) is 17.5. The molecule has 0 radical (unpaired) electrons. The number of piperidine rings is 1. The van der Waals surface area contributed by atoms with Crippen molar-refractivity contribution >= 4 is 17.6 Å². The van der Waals surface area contributed by atoms with Crippen LogP contribution in [-0.2, 0) is 11.2 Å². The van der Waals surface area contributed by atoms with Crippen molar-refractivity contribution in [1.29, 1.82) is 0 Å². The Labute approximate surface area is 144 Å². The lowest BCUT2D eigenvalue weighted by Crippen LogP contribution is -2.53. The zero-order valence-corrected chi connectivity index (χ0v) is 15.0. The number of likely N-dealkylation sites (tertiary alicyclic amines) is 1. The van der Waals surface area contributed by atoms with E-state index < -0.39 is 6.04 Å². The van der Waals surface area contributed by atoms with Crippen LogP contribution in [0.25, 0.3) is 0 Å². The monoisotopic (exact) mass is 331 g/mol. The van der Waals surface area contributed by atoms with Crippen molar-refractivity contribution < 1.29 is 9.59 Å². The number of rotatable bonds is 5. The van der Waals surface area contributed by atoms with Gasteiger partial charge in [-0.05, 0) is 49.3 Å². The average Bonchev–Trinajstić information content (AvgIpc) is 2.60. The first-order valence-electron chi connectivity index (χ1n) is 8.96. The first-order chi connectivity index (χ1) is 11.5. The van der Waals surface area contributed by atoms with Gasteiger partial charge in [0.05, 0.1) is 0 Å². The van der Waals surface area contributed by atoms with E-state index in [1.165, 1.54) is 12.0 Å². The van der Waals surface area contributed by atoms with Crippen LogP contribution in [0, 0.1) is 5.92 Å². The van der Waals surface area contributed by atoms with E-state index in [0.717, 1.165) is 38.0 Å². The predicted octanol–water partition coefficient (Wildman–Crippen LogP) is 3.41. The number of carbonyl (C=O) groups is 2. The highest BCUT2D eigenvalue weighted by molar-refractivity contribution is 5.93. The van der Waals surface area contributed by atoms with Crippen molar-refractivity contribution in [2.75, 3.05) is 18.4 Å². The predicted molar refractivity (Wildman–Crippen MR) is 97.0 cm³/mol. The summed E-state index contributed by atoms with van der Waals surface area (Å²) in [5, 5.41) is 5.66. The molecule has 0 saturated carbocycles. The van der Waals surface area contributed by atoms with Gasteiger partial charge in [0, 0.05) is 18.8 Å². The van der Waals surface area contributed by atoms with E-state index >= 15 is 0 Å². The van der Waals surface area contributed by atoms with Crippen LogP contribution in [0.1, 0.15) is 45.6 Å². The molecule has 1 atom stereocenters. The molecule has 1 aromatic carbocycles. The van der Waals surface area contributed by atoms with Gasteiger partial charge in [-0.2, -0.15) is 0 Å². The topological polar surface area (TPSA) is 61.4 Å². The third-order valence-corrected chi connectivity index (χ3v) is 4.51. The molecule has 24 heavy (non-hydrogen) atoms. The van der Waals surface area contributed by atoms with Gasteiger partial charge in [0.2, 0.25) is 5.91 Å². The molecule has 0 aliphatic carbocycles. The maximum atomic E-state index is 12.7. The van der Waals surface area contributed by atoms with Gasteiger partial charge in [0.1, 0.15) is 6.04 Å². The summed E-state index contributed by atoms with van der Waals surface area (Å²) >= 11 is 0. The Balaban J connectivity index is 1.95. The summed E-state index contributed by atoms with van der Waals surface area (Å²) in [5.41, 5.74) is 1.96. The normalized spacial score (nSPS) is 15.9. The Morgan fingerprint density at radius 2 is 1.71 bits per heavy atom. The molecule has 0 bridgehead atoms. The number of hydrogen-bond donors (Lipinski definition) is 2. The summed E-state index contributed by atoms with van der Waals surface area (Å²) in [4.78, 5) is 26.9. The third kappa shape index (κ3) is 4.98. The van der Waals surface area contributed by atoms with Gasteiger partial charge in [-0.25, -0.2) is 4.79 Å². The molecule has 0 aromatic heterocycles. The molecule has 1 unspecified atom stereocenters. The molecule has 5 nitrogen and oxygen atoms in total. The van der Waals surface area contributed by atoms with Gasteiger partial charge in [0.25, 0.3) is 0 Å². The molecule has 2 rings (SSSR count). The highest BCUT2D eigenvalue weighted by Crippen LogP contribution is 2.14. The van der Waals surface area contributed by atoms with Crippen LogP contribution >= 0.6 is 0 Å². The number of nitrogens with zero attached hydrogens (tertiary/aromatic N) is 1. The fraction of sp³-hybridized carbons (Fsp3) is 0.579. The van der Waals surface area contributed by atoms with Crippen LogP contribution < -0.4 is 10.6 Å². The van der Waals surface area contributed by atoms with Gasteiger partial charge in [-0.3, -0.25) is 4.79 Å². The average molecular weight is 331 g/mol. The van der Waals surface area contributed by atoms with Crippen molar-refractivity contribution in [1.82, 2.24) is 10.2 Å². The number of anilines is 1. The number of benzene rings is 1. The van der Waals surface area contributed by atoms with Crippen LogP contribution in [-0.4, -0.2) is 36.0 Å². The highest BCUT2D eigenvalue weighted by atomic mass is 16.2. The van der Waals surface area contributed by atoms with Crippen LogP contribution in [0.15, 0.2) is 24.3 Å². The Hall–Kier alpha value is -2.04. The van der Waals surface area contributed by atoms with E-state index in [-0.39, 0.29) is 17.9 Å². The Bertz CT molecular complexity index is 548. The fourth-order valence-electron chi connectivity index (χ4n) is 2.96. The molecule has 1 heterocycles. The zero-order valence-electron chi connectivity index (χ0n) is 15.0. The maximum absolute atomic E-state index is 12.7. The van der Waals surface area contributed by atoms with Crippen molar-refractivity contribution in [3.8, 4) is 0 Å².